The zero-order valence-corrected chi connectivity index (χ0v) is 14.5. The SMILES string of the molecule is CC(NCc1ccccc1N1CCCCC1)c1cccc(CO)c1. The Morgan fingerprint density at radius 2 is 1.83 bits per heavy atom. The molecule has 1 aliphatic rings. The van der Waals surface area contributed by atoms with Crippen molar-refractivity contribution in [2.45, 2.75) is 45.4 Å². The van der Waals surface area contributed by atoms with Crippen LogP contribution in [0.3, 0.4) is 0 Å². The van der Waals surface area contributed by atoms with Gasteiger partial charge in [-0.3, -0.25) is 0 Å². The Bertz CT molecular complexity index is 650. The fourth-order valence-corrected chi connectivity index (χ4v) is 3.45. The summed E-state index contributed by atoms with van der Waals surface area (Å²) in [5.41, 5.74) is 4.93. The predicted octanol–water partition coefficient (Wildman–Crippen LogP) is 4.02. The lowest BCUT2D eigenvalue weighted by atomic mass is 10.0. The van der Waals surface area contributed by atoms with E-state index < -0.39 is 0 Å². The van der Waals surface area contributed by atoms with Crippen LogP contribution in [0.5, 0.6) is 0 Å². The molecule has 0 saturated carbocycles. The maximum atomic E-state index is 9.31. The molecule has 1 heterocycles. The number of rotatable bonds is 6. The van der Waals surface area contributed by atoms with Crippen LogP contribution in [0.2, 0.25) is 0 Å². The van der Waals surface area contributed by atoms with Gasteiger partial charge in [0, 0.05) is 31.4 Å². The number of anilines is 1. The van der Waals surface area contributed by atoms with E-state index in [0.717, 1.165) is 12.1 Å². The Labute approximate surface area is 145 Å². The van der Waals surface area contributed by atoms with Crippen LogP contribution < -0.4 is 10.2 Å². The molecular formula is C21H28N2O. The summed E-state index contributed by atoms with van der Waals surface area (Å²) < 4.78 is 0. The summed E-state index contributed by atoms with van der Waals surface area (Å²) >= 11 is 0. The first-order chi connectivity index (χ1) is 11.8. The van der Waals surface area contributed by atoms with Crippen molar-refractivity contribution in [2.24, 2.45) is 0 Å². The van der Waals surface area contributed by atoms with Crippen molar-refractivity contribution in [3.8, 4) is 0 Å². The molecule has 2 N–H and O–H groups in total. The van der Waals surface area contributed by atoms with Crippen molar-refractivity contribution < 1.29 is 5.11 Å². The summed E-state index contributed by atoms with van der Waals surface area (Å²) in [6, 6.07) is 17.2. The highest BCUT2D eigenvalue weighted by molar-refractivity contribution is 5.54. The van der Waals surface area contributed by atoms with Gasteiger partial charge in [-0.05, 0) is 48.9 Å². The van der Waals surface area contributed by atoms with Crippen molar-refractivity contribution in [3.63, 3.8) is 0 Å². The van der Waals surface area contributed by atoms with Gasteiger partial charge in [0.15, 0.2) is 0 Å². The predicted molar refractivity (Wildman–Crippen MR) is 100 cm³/mol. The van der Waals surface area contributed by atoms with E-state index in [1.807, 2.05) is 12.1 Å². The number of aliphatic hydroxyl groups is 1. The second-order valence-corrected chi connectivity index (χ2v) is 6.68. The first kappa shape index (κ1) is 17.0. The molecule has 0 radical (unpaired) electrons. The van der Waals surface area contributed by atoms with Crippen molar-refractivity contribution in [3.05, 3.63) is 65.2 Å². The Morgan fingerprint density at radius 3 is 2.62 bits per heavy atom. The van der Waals surface area contributed by atoms with Gasteiger partial charge in [0.1, 0.15) is 0 Å². The number of para-hydroxylation sites is 1. The van der Waals surface area contributed by atoms with Crippen LogP contribution in [-0.2, 0) is 13.2 Å². The van der Waals surface area contributed by atoms with Gasteiger partial charge in [0.2, 0.25) is 0 Å². The molecule has 0 aromatic heterocycles. The van der Waals surface area contributed by atoms with Crippen LogP contribution in [0.25, 0.3) is 0 Å². The minimum atomic E-state index is 0.0956. The first-order valence-corrected chi connectivity index (χ1v) is 9.04. The summed E-state index contributed by atoms with van der Waals surface area (Å²) in [5.74, 6) is 0. The maximum absolute atomic E-state index is 9.31. The standard InChI is InChI=1S/C21H28N2O/c1-17(19-10-7-8-18(14-19)16-24)22-15-20-9-3-4-11-21(20)23-12-5-2-6-13-23/h3-4,7-11,14,17,22,24H,2,5-6,12-13,15-16H2,1H3. The molecule has 2 aromatic rings. The molecule has 2 aromatic carbocycles. The lowest BCUT2D eigenvalue weighted by molar-refractivity contribution is 0.281. The van der Waals surface area contributed by atoms with E-state index >= 15 is 0 Å². The number of hydrogen-bond acceptors (Lipinski definition) is 3. The number of hydrogen-bond donors (Lipinski definition) is 2. The van der Waals surface area contributed by atoms with Gasteiger partial charge in [-0.15, -0.1) is 0 Å². The third-order valence-electron chi connectivity index (χ3n) is 4.92. The quantitative estimate of drug-likeness (QED) is 0.842. The number of nitrogens with one attached hydrogen (secondary N) is 1. The molecule has 1 saturated heterocycles. The van der Waals surface area contributed by atoms with Gasteiger partial charge in [0.25, 0.3) is 0 Å². The van der Waals surface area contributed by atoms with Crippen molar-refractivity contribution in [1.82, 2.24) is 5.32 Å². The molecule has 1 atom stereocenters. The number of piperidine rings is 1. The maximum Gasteiger partial charge on any atom is 0.0681 e. The monoisotopic (exact) mass is 324 g/mol. The molecule has 1 fully saturated rings. The van der Waals surface area contributed by atoms with E-state index in [-0.39, 0.29) is 12.6 Å². The minimum absolute atomic E-state index is 0.0956. The fraction of sp³-hybridized carbons (Fsp3) is 0.429. The second kappa shape index (κ2) is 8.32. The topological polar surface area (TPSA) is 35.5 Å². The number of benzene rings is 2. The Morgan fingerprint density at radius 1 is 1.04 bits per heavy atom. The van der Waals surface area contributed by atoms with Gasteiger partial charge in [-0.1, -0.05) is 42.5 Å². The van der Waals surface area contributed by atoms with Crippen molar-refractivity contribution >= 4 is 5.69 Å². The lowest BCUT2D eigenvalue weighted by Crippen LogP contribution is -2.31. The average molecular weight is 324 g/mol. The van der Waals surface area contributed by atoms with E-state index in [0.29, 0.717) is 0 Å². The third kappa shape index (κ3) is 4.16. The summed E-state index contributed by atoms with van der Waals surface area (Å²) in [5, 5.41) is 12.9. The van der Waals surface area contributed by atoms with Crippen LogP contribution in [0.4, 0.5) is 5.69 Å². The average Bonchev–Trinajstić information content (AvgIpc) is 2.67. The van der Waals surface area contributed by atoms with Crippen molar-refractivity contribution in [1.29, 1.82) is 0 Å². The van der Waals surface area contributed by atoms with Crippen molar-refractivity contribution in [2.75, 3.05) is 18.0 Å². The second-order valence-electron chi connectivity index (χ2n) is 6.68. The Balaban J connectivity index is 1.67. The molecule has 24 heavy (non-hydrogen) atoms. The molecule has 1 aliphatic heterocycles. The fourth-order valence-electron chi connectivity index (χ4n) is 3.45. The molecule has 3 heteroatoms. The zero-order valence-electron chi connectivity index (χ0n) is 14.5. The van der Waals surface area contributed by atoms with Gasteiger partial charge >= 0.3 is 0 Å². The highest BCUT2D eigenvalue weighted by Gasteiger charge is 2.14. The summed E-state index contributed by atoms with van der Waals surface area (Å²) in [6.45, 7) is 5.48. The van der Waals surface area contributed by atoms with E-state index in [9.17, 15) is 5.11 Å². The molecule has 0 spiro atoms. The molecule has 0 aliphatic carbocycles. The minimum Gasteiger partial charge on any atom is -0.392 e. The van der Waals surface area contributed by atoms with Crippen LogP contribution in [0, 0.1) is 0 Å². The van der Waals surface area contributed by atoms with Gasteiger partial charge < -0.3 is 15.3 Å². The van der Waals surface area contributed by atoms with Gasteiger partial charge in [-0.25, -0.2) is 0 Å². The molecule has 0 bridgehead atoms. The Hall–Kier alpha value is -1.84. The highest BCUT2D eigenvalue weighted by atomic mass is 16.3. The Kier molecular flexibility index (Phi) is 5.89. The molecule has 1 unspecified atom stereocenters. The third-order valence-corrected chi connectivity index (χ3v) is 4.92. The number of nitrogens with zero attached hydrogens (tertiary/aromatic N) is 1. The van der Waals surface area contributed by atoms with E-state index in [4.69, 9.17) is 0 Å². The highest BCUT2D eigenvalue weighted by Crippen LogP contribution is 2.25. The molecule has 128 valence electrons. The molecule has 3 nitrogen and oxygen atoms in total. The summed E-state index contributed by atoms with van der Waals surface area (Å²) in [4.78, 5) is 2.53. The zero-order chi connectivity index (χ0) is 16.8. The van der Waals surface area contributed by atoms with E-state index in [1.54, 1.807) is 0 Å². The lowest BCUT2D eigenvalue weighted by Gasteiger charge is -2.31. The van der Waals surface area contributed by atoms with Gasteiger partial charge in [-0.2, -0.15) is 0 Å². The molecule has 0 amide bonds. The van der Waals surface area contributed by atoms with E-state index in [2.05, 4.69) is 53.5 Å². The van der Waals surface area contributed by atoms with Crippen LogP contribution in [0.1, 0.15) is 48.9 Å². The first-order valence-electron chi connectivity index (χ1n) is 9.04. The van der Waals surface area contributed by atoms with Gasteiger partial charge in [0.05, 0.1) is 6.61 Å². The number of aliphatic hydroxyl groups excluding tert-OH is 1. The smallest absolute Gasteiger partial charge is 0.0681 e. The van der Waals surface area contributed by atoms with Crippen LogP contribution >= 0.6 is 0 Å². The summed E-state index contributed by atoms with van der Waals surface area (Å²) in [7, 11) is 0. The molecular weight excluding hydrogens is 296 g/mol. The summed E-state index contributed by atoms with van der Waals surface area (Å²) in [6.07, 6.45) is 3.95. The molecule has 3 rings (SSSR count). The van der Waals surface area contributed by atoms with E-state index in [1.165, 1.54) is 49.2 Å². The van der Waals surface area contributed by atoms with Crippen LogP contribution in [-0.4, -0.2) is 18.2 Å². The van der Waals surface area contributed by atoms with Crippen LogP contribution in [0.15, 0.2) is 48.5 Å². The largest absolute Gasteiger partial charge is 0.392 e. The normalized spacial score (nSPS) is 16.2.